The number of carbonyl (C=O) groups is 1. The molecule has 4 heteroatoms. The minimum atomic E-state index is -0.318. The third kappa shape index (κ3) is 4.54. The molecular weight excluding hydrogens is 418 g/mol. The molecule has 0 saturated heterocycles. The Labute approximate surface area is 201 Å². The van der Waals surface area contributed by atoms with Crippen molar-refractivity contribution >= 4 is 22.6 Å². The lowest BCUT2D eigenvalue weighted by Gasteiger charge is -2.29. The third-order valence-electron chi connectivity index (χ3n) is 6.58. The average molecular weight is 450 g/mol. The summed E-state index contributed by atoms with van der Waals surface area (Å²) in [5.41, 5.74) is 5.33. The van der Waals surface area contributed by atoms with Crippen molar-refractivity contribution in [2.24, 2.45) is 0 Å². The number of fused-ring (bicyclic) bond motifs is 1. The van der Waals surface area contributed by atoms with Crippen LogP contribution in [-0.2, 0) is 11.3 Å². The molecule has 1 aliphatic rings. The van der Waals surface area contributed by atoms with E-state index in [9.17, 15) is 4.79 Å². The van der Waals surface area contributed by atoms with Crippen LogP contribution < -0.4 is 4.90 Å². The summed E-state index contributed by atoms with van der Waals surface area (Å²) in [4.78, 5) is 23.3. The van der Waals surface area contributed by atoms with Gasteiger partial charge in [-0.2, -0.15) is 0 Å². The van der Waals surface area contributed by atoms with Gasteiger partial charge in [0.25, 0.3) is 0 Å². The number of benzene rings is 3. The van der Waals surface area contributed by atoms with Crippen LogP contribution in [0.3, 0.4) is 0 Å². The first-order chi connectivity index (χ1) is 16.5. The summed E-state index contributed by atoms with van der Waals surface area (Å²) < 4.78 is 0. The highest BCUT2D eigenvalue weighted by Crippen LogP contribution is 2.36. The maximum atomic E-state index is 14.2. The minimum absolute atomic E-state index is 0.161. The van der Waals surface area contributed by atoms with Crippen LogP contribution in [0.1, 0.15) is 41.0 Å². The van der Waals surface area contributed by atoms with Crippen LogP contribution in [0.25, 0.3) is 10.9 Å². The zero-order valence-corrected chi connectivity index (χ0v) is 20.1. The monoisotopic (exact) mass is 449 g/mol. The number of hydrogen-bond donors (Lipinski definition) is 0. The molecule has 1 aliphatic carbocycles. The number of nitrogens with zero attached hydrogens (tertiary/aromatic N) is 3. The lowest BCUT2D eigenvalue weighted by Crippen LogP contribution is -2.37. The van der Waals surface area contributed by atoms with E-state index in [0.29, 0.717) is 6.54 Å². The van der Waals surface area contributed by atoms with Crippen LogP contribution in [0.5, 0.6) is 0 Å². The predicted molar refractivity (Wildman–Crippen MR) is 139 cm³/mol. The van der Waals surface area contributed by atoms with Gasteiger partial charge in [0.1, 0.15) is 5.82 Å². The molecule has 5 rings (SSSR count). The zero-order valence-electron chi connectivity index (χ0n) is 20.1. The molecule has 1 fully saturated rings. The SMILES string of the molecule is Cc1ccc2cc(CN(C(=O)C(c3ccccc3)c3ccccc3)C3CC3)c(N(C)C)nc2c1. The molecule has 0 bridgehead atoms. The molecule has 1 saturated carbocycles. The Morgan fingerprint density at radius 2 is 1.53 bits per heavy atom. The predicted octanol–water partition coefficient (Wildman–Crippen LogP) is 5.93. The van der Waals surface area contributed by atoms with Crippen molar-refractivity contribution in [2.45, 2.75) is 38.3 Å². The Bertz CT molecular complexity index is 1260. The molecule has 34 heavy (non-hydrogen) atoms. The maximum absolute atomic E-state index is 14.2. The fourth-order valence-corrected chi connectivity index (χ4v) is 4.71. The summed E-state index contributed by atoms with van der Waals surface area (Å²) in [6.45, 7) is 2.65. The van der Waals surface area contributed by atoms with Crippen molar-refractivity contribution in [3.8, 4) is 0 Å². The summed E-state index contributed by atoms with van der Waals surface area (Å²) in [6.07, 6.45) is 2.11. The van der Waals surface area contributed by atoms with E-state index in [0.717, 1.165) is 46.3 Å². The first-order valence-electron chi connectivity index (χ1n) is 12.0. The van der Waals surface area contributed by atoms with Gasteiger partial charge in [-0.1, -0.05) is 72.8 Å². The Morgan fingerprint density at radius 1 is 0.912 bits per heavy atom. The molecule has 0 unspecified atom stereocenters. The summed E-state index contributed by atoms with van der Waals surface area (Å²) in [7, 11) is 4.04. The Kier molecular flexibility index (Phi) is 6.06. The van der Waals surface area contributed by atoms with Gasteiger partial charge in [0, 0.05) is 37.6 Å². The number of rotatable bonds is 7. The highest BCUT2D eigenvalue weighted by Gasteiger charge is 2.37. The highest BCUT2D eigenvalue weighted by atomic mass is 16.2. The molecular formula is C30H31N3O. The number of aryl methyl sites for hydroxylation is 1. The molecule has 0 aliphatic heterocycles. The van der Waals surface area contributed by atoms with E-state index in [1.54, 1.807) is 0 Å². The topological polar surface area (TPSA) is 36.4 Å². The van der Waals surface area contributed by atoms with Crippen LogP contribution in [0.4, 0.5) is 5.82 Å². The Morgan fingerprint density at radius 3 is 2.09 bits per heavy atom. The molecule has 4 aromatic rings. The fraction of sp³-hybridized carbons (Fsp3) is 0.267. The molecule has 0 radical (unpaired) electrons. The molecule has 1 aromatic heterocycles. The largest absolute Gasteiger partial charge is 0.362 e. The second-order valence-corrected chi connectivity index (χ2v) is 9.51. The van der Waals surface area contributed by atoms with Gasteiger partial charge in [-0.25, -0.2) is 4.98 Å². The molecule has 1 amide bonds. The van der Waals surface area contributed by atoms with E-state index in [1.165, 1.54) is 5.56 Å². The highest BCUT2D eigenvalue weighted by molar-refractivity contribution is 5.88. The molecule has 3 aromatic carbocycles. The smallest absolute Gasteiger partial charge is 0.235 e. The van der Waals surface area contributed by atoms with Gasteiger partial charge >= 0.3 is 0 Å². The normalized spacial score (nSPS) is 13.3. The minimum Gasteiger partial charge on any atom is -0.362 e. The van der Waals surface area contributed by atoms with Crippen molar-refractivity contribution in [3.05, 3.63) is 107 Å². The van der Waals surface area contributed by atoms with E-state index in [4.69, 9.17) is 4.98 Å². The lowest BCUT2D eigenvalue weighted by molar-refractivity contribution is -0.133. The lowest BCUT2D eigenvalue weighted by atomic mass is 9.89. The standard InChI is InChI=1S/C30H31N3O/c1-21-14-15-24-19-25(29(32(2)3)31-27(24)18-21)20-33(26-16-17-26)30(34)28(22-10-6-4-7-11-22)23-12-8-5-9-13-23/h4-15,18-19,26,28H,16-17,20H2,1-3H3. The summed E-state index contributed by atoms with van der Waals surface area (Å²) in [6, 6.07) is 29.2. The van der Waals surface area contributed by atoms with Crippen molar-refractivity contribution in [2.75, 3.05) is 19.0 Å². The Balaban J connectivity index is 1.55. The summed E-state index contributed by atoms with van der Waals surface area (Å²) >= 11 is 0. The van der Waals surface area contributed by atoms with Gasteiger partial charge in [0.15, 0.2) is 0 Å². The van der Waals surface area contributed by atoms with Gasteiger partial charge in [-0.3, -0.25) is 4.79 Å². The van der Waals surface area contributed by atoms with Gasteiger partial charge in [-0.05, 0) is 48.6 Å². The number of anilines is 1. The van der Waals surface area contributed by atoms with Crippen LogP contribution in [-0.4, -0.2) is 35.9 Å². The number of carbonyl (C=O) groups excluding carboxylic acids is 1. The summed E-state index contributed by atoms with van der Waals surface area (Å²) in [5.74, 6) is 0.767. The Hall–Kier alpha value is -3.66. The number of hydrogen-bond acceptors (Lipinski definition) is 3. The van der Waals surface area contributed by atoms with Gasteiger partial charge in [-0.15, -0.1) is 0 Å². The van der Waals surface area contributed by atoms with E-state index in [1.807, 2.05) is 50.5 Å². The molecule has 0 atom stereocenters. The van der Waals surface area contributed by atoms with E-state index in [-0.39, 0.29) is 17.9 Å². The van der Waals surface area contributed by atoms with Crippen molar-refractivity contribution < 1.29 is 4.79 Å². The second-order valence-electron chi connectivity index (χ2n) is 9.51. The van der Waals surface area contributed by atoms with Gasteiger partial charge in [0.05, 0.1) is 11.4 Å². The molecule has 0 N–H and O–H groups in total. The molecule has 4 nitrogen and oxygen atoms in total. The number of aromatic nitrogens is 1. The van der Waals surface area contributed by atoms with Crippen LogP contribution in [0.2, 0.25) is 0 Å². The van der Waals surface area contributed by atoms with Crippen molar-refractivity contribution in [1.82, 2.24) is 9.88 Å². The van der Waals surface area contributed by atoms with Gasteiger partial charge in [0.2, 0.25) is 5.91 Å². The number of pyridine rings is 1. The third-order valence-corrected chi connectivity index (χ3v) is 6.58. The van der Waals surface area contributed by atoms with Crippen LogP contribution in [0.15, 0.2) is 84.9 Å². The first-order valence-corrected chi connectivity index (χ1v) is 12.0. The number of amides is 1. The first kappa shape index (κ1) is 22.1. The molecule has 172 valence electrons. The zero-order chi connectivity index (χ0) is 23.7. The van der Waals surface area contributed by atoms with Crippen LogP contribution >= 0.6 is 0 Å². The quantitative estimate of drug-likeness (QED) is 0.351. The second kappa shape index (κ2) is 9.30. The molecule has 0 spiro atoms. The molecule has 1 heterocycles. The van der Waals surface area contributed by atoms with Crippen LogP contribution in [0, 0.1) is 6.92 Å². The van der Waals surface area contributed by atoms with Gasteiger partial charge < -0.3 is 9.80 Å². The maximum Gasteiger partial charge on any atom is 0.235 e. The van der Waals surface area contributed by atoms with Crippen molar-refractivity contribution in [1.29, 1.82) is 0 Å². The van der Waals surface area contributed by atoms with Crippen molar-refractivity contribution in [3.63, 3.8) is 0 Å². The van der Waals surface area contributed by atoms with E-state index < -0.39 is 0 Å². The summed E-state index contributed by atoms with van der Waals surface area (Å²) in [5, 5.41) is 1.11. The fourth-order valence-electron chi connectivity index (χ4n) is 4.71. The average Bonchev–Trinajstić information content (AvgIpc) is 3.69. The van der Waals surface area contributed by atoms with E-state index >= 15 is 0 Å². The van der Waals surface area contributed by atoms with E-state index in [2.05, 4.69) is 65.3 Å².